The second-order valence-corrected chi connectivity index (χ2v) is 11.1. The maximum atomic E-state index is 6.10. The van der Waals surface area contributed by atoms with Gasteiger partial charge in [-0.25, -0.2) is 5.43 Å². The SMILES string of the molecule is Cc1cccc(Nc2nc(NN=Cc3cc(Br)ccc3OCc3ccccc3)nc(N3CCC(C)CC3)n2)c1C.Cl. The van der Waals surface area contributed by atoms with Crippen molar-refractivity contribution in [2.75, 3.05) is 28.7 Å². The molecule has 2 N–H and O–H groups in total. The van der Waals surface area contributed by atoms with Gasteiger partial charge in [-0.3, -0.25) is 0 Å². The molecule has 2 heterocycles. The van der Waals surface area contributed by atoms with E-state index in [-0.39, 0.29) is 12.4 Å². The first-order valence-corrected chi connectivity index (χ1v) is 14.3. The van der Waals surface area contributed by atoms with E-state index in [1.807, 2.05) is 60.7 Å². The molecule has 0 unspecified atom stereocenters. The van der Waals surface area contributed by atoms with Gasteiger partial charge in [0, 0.05) is 28.8 Å². The normalized spacial score (nSPS) is 13.6. The Balaban J connectivity index is 0.00000387. The summed E-state index contributed by atoms with van der Waals surface area (Å²) in [5.41, 5.74) is 8.27. The quantitative estimate of drug-likeness (QED) is 0.144. The predicted octanol–water partition coefficient (Wildman–Crippen LogP) is 7.68. The lowest BCUT2D eigenvalue weighted by atomic mass is 10.00. The van der Waals surface area contributed by atoms with E-state index in [2.05, 4.69) is 68.5 Å². The van der Waals surface area contributed by atoms with Crippen LogP contribution in [0, 0.1) is 19.8 Å². The fourth-order valence-corrected chi connectivity index (χ4v) is 4.85. The smallest absolute Gasteiger partial charge is 0.250 e. The van der Waals surface area contributed by atoms with Gasteiger partial charge in [0.25, 0.3) is 0 Å². The van der Waals surface area contributed by atoms with Gasteiger partial charge in [-0.2, -0.15) is 20.1 Å². The average Bonchev–Trinajstić information content (AvgIpc) is 2.96. The minimum absolute atomic E-state index is 0. The van der Waals surface area contributed by atoms with Crippen molar-refractivity contribution in [3.05, 3.63) is 93.5 Å². The molecule has 214 valence electrons. The van der Waals surface area contributed by atoms with Crippen LogP contribution in [0.25, 0.3) is 0 Å². The van der Waals surface area contributed by atoms with Crippen molar-refractivity contribution in [3.63, 3.8) is 0 Å². The van der Waals surface area contributed by atoms with Crippen LogP contribution in [0.5, 0.6) is 5.75 Å². The summed E-state index contributed by atoms with van der Waals surface area (Å²) in [6.45, 7) is 8.77. The van der Waals surface area contributed by atoms with Gasteiger partial charge in [0.2, 0.25) is 17.8 Å². The number of hydrogen-bond donors (Lipinski definition) is 2. The molecular formula is C31H35BrClN7O. The van der Waals surface area contributed by atoms with E-state index in [4.69, 9.17) is 14.7 Å². The Morgan fingerprint density at radius 3 is 2.51 bits per heavy atom. The van der Waals surface area contributed by atoms with Gasteiger partial charge in [0.05, 0.1) is 6.21 Å². The van der Waals surface area contributed by atoms with E-state index >= 15 is 0 Å². The molecule has 0 bridgehead atoms. The lowest BCUT2D eigenvalue weighted by Gasteiger charge is -2.30. The highest BCUT2D eigenvalue weighted by Crippen LogP contribution is 2.26. The topological polar surface area (TPSA) is 87.6 Å². The molecular weight excluding hydrogens is 602 g/mol. The van der Waals surface area contributed by atoms with Gasteiger partial charge in [0.1, 0.15) is 12.4 Å². The molecule has 41 heavy (non-hydrogen) atoms. The molecule has 0 spiro atoms. The van der Waals surface area contributed by atoms with Crippen LogP contribution in [0.1, 0.15) is 42.0 Å². The molecule has 3 aromatic carbocycles. The Bertz CT molecular complexity index is 1480. The summed E-state index contributed by atoms with van der Waals surface area (Å²) in [5.74, 6) is 2.92. The highest BCUT2D eigenvalue weighted by molar-refractivity contribution is 9.10. The summed E-state index contributed by atoms with van der Waals surface area (Å²) >= 11 is 3.55. The third kappa shape index (κ3) is 8.17. The number of anilines is 4. The maximum Gasteiger partial charge on any atom is 0.250 e. The van der Waals surface area contributed by atoms with Crippen LogP contribution in [0.3, 0.4) is 0 Å². The molecule has 0 amide bonds. The first kappa shape index (κ1) is 30.3. The van der Waals surface area contributed by atoms with Gasteiger partial charge in [-0.05, 0) is 73.6 Å². The molecule has 0 saturated carbocycles. The summed E-state index contributed by atoms with van der Waals surface area (Å²) in [4.78, 5) is 16.3. The monoisotopic (exact) mass is 635 g/mol. The van der Waals surface area contributed by atoms with Crippen molar-refractivity contribution >= 4 is 58.1 Å². The third-order valence-corrected chi connectivity index (χ3v) is 7.61. The van der Waals surface area contributed by atoms with Crippen molar-refractivity contribution < 1.29 is 4.74 Å². The van der Waals surface area contributed by atoms with E-state index < -0.39 is 0 Å². The number of hydrazone groups is 1. The van der Waals surface area contributed by atoms with Crippen molar-refractivity contribution in [1.82, 2.24) is 15.0 Å². The molecule has 0 aliphatic carbocycles. The molecule has 1 saturated heterocycles. The second kappa shape index (κ2) is 14.3. The molecule has 5 rings (SSSR count). The molecule has 0 radical (unpaired) electrons. The summed E-state index contributed by atoms with van der Waals surface area (Å²) in [7, 11) is 0. The Hall–Kier alpha value is -3.69. The van der Waals surface area contributed by atoms with E-state index in [1.54, 1.807) is 6.21 Å². The molecule has 1 aliphatic rings. The van der Waals surface area contributed by atoms with Gasteiger partial charge in [-0.15, -0.1) is 12.4 Å². The van der Waals surface area contributed by atoms with Gasteiger partial charge in [0.15, 0.2) is 0 Å². The summed E-state index contributed by atoms with van der Waals surface area (Å²) < 4.78 is 7.03. The second-order valence-electron chi connectivity index (χ2n) is 10.2. The van der Waals surface area contributed by atoms with Crippen LogP contribution >= 0.6 is 28.3 Å². The zero-order valence-electron chi connectivity index (χ0n) is 23.5. The number of benzene rings is 3. The zero-order valence-corrected chi connectivity index (χ0v) is 25.9. The molecule has 1 aliphatic heterocycles. The van der Waals surface area contributed by atoms with Crippen LogP contribution in [0.15, 0.2) is 76.3 Å². The Labute approximate surface area is 256 Å². The average molecular weight is 637 g/mol. The first-order valence-electron chi connectivity index (χ1n) is 13.5. The fourth-order valence-electron chi connectivity index (χ4n) is 4.47. The third-order valence-electron chi connectivity index (χ3n) is 7.12. The summed E-state index contributed by atoms with van der Waals surface area (Å²) in [5, 5.41) is 7.86. The minimum atomic E-state index is 0. The Morgan fingerprint density at radius 2 is 1.73 bits per heavy atom. The lowest BCUT2D eigenvalue weighted by Crippen LogP contribution is -2.34. The number of nitrogens with one attached hydrogen (secondary N) is 2. The molecule has 0 atom stereocenters. The van der Waals surface area contributed by atoms with Crippen LogP contribution in [0.2, 0.25) is 0 Å². The highest BCUT2D eigenvalue weighted by Gasteiger charge is 2.20. The van der Waals surface area contributed by atoms with E-state index in [0.29, 0.717) is 30.4 Å². The fraction of sp³-hybridized carbons (Fsp3) is 0.290. The van der Waals surface area contributed by atoms with Crippen molar-refractivity contribution in [1.29, 1.82) is 0 Å². The number of nitrogens with zero attached hydrogens (tertiary/aromatic N) is 5. The van der Waals surface area contributed by atoms with Crippen molar-refractivity contribution in [3.8, 4) is 5.75 Å². The van der Waals surface area contributed by atoms with Crippen molar-refractivity contribution in [2.45, 2.75) is 40.2 Å². The Morgan fingerprint density at radius 1 is 0.976 bits per heavy atom. The maximum absolute atomic E-state index is 6.10. The summed E-state index contributed by atoms with van der Waals surface area (Å²) in [6.07, 6.45) is 3.94. The number of halogens is 2. The van der Waals surface area contributed by atoms with Gasteiger partial charge < -0.3 is 15.0 Å². The molecule has 4 aromatic rings. The largest absolute Gasteiger partial charge is 0.488 e. The highest BCUT2D eigenvalue weighted by atomic mass is 79.9. The zero-order chi connectivity index (χ0) is 27.9. The van der Waals surface area contributed by atoms with Crippen LogP contribution < -0.4 is 20.4 Å². The summed E-state index contributed by atoms with van der Waals surface area (Å²) in [6, 6.07) is 22.1. The number of ether oxygens (including phenoxy) is 1. The van der Waals surface area contributed by atoms with E-state index in [0.717, 1.165) is 58.5 Å². The number of piperidine rings is 1. The van der Waals surface area contributed by atoms with Crippen LogP contribution in [0.4, 0.5) is 23.5 Å². The number of aryl methyl sites for hydroxylation is 1. The van der Waals surface area contributed by atoms with Crippen molar-refractivity contribution in [2.24, 2.45) is 11.0 Å². The minimum Gasteiger partial charge on any atom is -0.488 e. The number of rotatable bonds is 9. The van der Waals surface area contributed by atoms with Gasteiger partial charge in [-0.1, -0.05) is 65.3 Å². The van der Waals surface area contributed by atoms with Crippen LogP contribution in [-0.4, -0.2) is 34.3 Å². The van der Waals surface area contributed by atoms with E-state index in [9.17, 15) is 0 Å². The molecule has 1 fully saturated rings. The van der Waals surface area contributed by atoms with Gasteiger partial charge >= 0.3 is 0 Å². The predicted molar refractivity (Wildman–Crippen MR) is 173 cm³/mol. The lowest BCUT2D eigenvalue weighted by molar-refractivity contribution is 0.306. The molecule has 10 heteroatoms. The van der Waals surface area contributed by atoms with E-state index in [1.165, 1.54) is 5.56 Å². The molecule has 1 aromatic heterocycles. The number of hydrogen-bond acceptors (Lipinski definition) is 8. The Kier molecular flexibility index (Phi) is 10.5. The standard InChI is InChI=1S/C31H34BrN7O.ClH/c1-21-14-16-39(17-15-21)31-36-29(34-27-11-7-8-22(2)23(27)3)35-30(37-31)38-33-19-25-18-26(32)12-13-28(25)40-20-24-9-5-4-6-10-24;/h4-13,18-19,21H,14-17,20H2,1-3H3,(H2,34,35,36,37,38);1H. The molecule has 8 nitrogen and oxygen atoms in total. The van der Waals surface area contributed by atoms with Crippen LogP contribution in [-0.2, 0) is 6.61 Å². The first-order chi connectivity index (χ1) is 19.4. The number of aromatic nitrogens is 3.